The normalized spacial score (nSPS) is 11.9. The average molecular weight is 496 g/mol. The minimum Gasteiger partial charge on any atom is -0.383 e. The molecule has 0 unspecified atom stereocenters. The lowest BCUT2D eigenvalue weighted by Crippen LogP contribution is -2.46. The Morgan fingerprint density at radius 1 is 1.11 bits per heavy atom. The molecule has 10 heteroatoms. The summed E-state index contributed by atoms with van der Waals surface area (Å²) < 4.78 is 20.5. The van der Waals surface area contributed by atoms with Crippen LogP contribution in [0.5, 0.6) is 0 Å². The van der Waals surface area contributed by atoms with Gasteiger partial charge in [-0.3, -0.25) is 14.5 Å². The second kappa shape index (κ2) is 11.1. The Hall–Kier alpha value is -3.82. The van der Waals surface area contributed by atoms with E-state index in [1.54, 1.807) is 36.4 Å². The summed E-state index contributed by atoms with van der Waals surface area (Å²) in [6.07, 6.45) is 0. The van der Waals surface area contributed by atoms with Crippen LogP contribution in [0.25, 0.3) is 11.0 Å². The molecule has 0 saturated carbocycles. The molecule has 2 amide bonds. The van der Waals surface area contributed by atoms with E-state index in [2.05, 4.69) is 15.6 Å². The highest BCUT2D eigenvalue weighted by Gasteiger charge is 2.33. The molecule has 0 aliphatic heterocycles. The number of methoxy groups -OCH3 is 1. The van der Waals surface area contributed by atoms with Gasteiger partial charge in [-0.1, -0.05) is 59.3 Å². The van der Waals surface area contributed by atoms with E-state index in [9.17, 15) is 14.0 Å². The first-order chi connectivity index (χ1) is 17.0. The van der Waals surface area contributed by atoms with E-state index in [0.717, 1.165) is 6.07 Å². The molecule has 0 spiro atoms. The minimum atomic E-state index is -1.06. The predicted molar refractivity (Wildman–Crippen MR) is 130 cm³/mol. The van der Waals surface area contributed by atoms with Gasteiger partial charge in [0.1, 0.15) is 23.9 Å². The zero-order chi connectivity index (χ0) is 24.8. The molecule has 4 aromatic rings. The van der Waals surface area contributed by atoms with Crippen LogP contribution in [0.4, 0.5) is 10.1 Å². The number of amides is 2. The van der Waals surface area contributed by atoms with Crippen molar-refractivity contribution in [3.8, 4) is 0 Å². The molecule has 8 nitrogen and oxygen atoms in total. The van der Waals surface area contributed by atoms with Crippen LogP contribution in [-0.4, -0.2) is 47.1 Å². The van der Waals surface area contributed by atoms with Gasteiger partial charge in [-0.25, -0.2) is 9.07 Å². The third-order valence-electron chi connectivity index (χ3n) is 5.38. The molecule has 4 rings (SSSR count). The molecule has 0 saturated heterocycles. The molecular weight excluding hydrogens is 473 g/mol. The Balaban J connectivity index is 1.78. The number of para-hydroxylation sites is 1. The molecule has 0 aliphatic rings. The first-order valence-electron chi connectivity index (χ1n) is 10.9. The number of anilines is 1. The van der Waals surface area contributed by atoms with Crippen LogP contribution in [0.2, 0.25) is 5.02 Å². The molecule has 0 aliphatic carbocycles. The lowest BCUT2D eigenvalue weighted by molar-refractivity contribution is -0.127. The monoisotopic (exact) mass is 495 g/mol. The summed E-state index contributed by atoms with van der Waals surface area (Å²) in [7, 11) is 1.53. The predicted octanol–water partition coefficient (Wildman–Crippen LogP) is 3.76. The molecule has 0 radical (unpaired) electrons. The van der Waals surface area contributed by atoms with Crippen LogP contribution in [0.1, 0.15) is 11.6 Å². The number of fused-ring (bicyclic) bond motifs is 1. The number of hydrogen-bond donors (Lipinski definition) is 1. The van der Waals surface area contributed by atoms with Crippen molar-refractivity contribution in [2.45, 2.75) is 12.6 Å². The summed E-state index contributed by atoms with van der Waals surface area (Å²) in [4.78, 5) is 28.5. The number of carbonyl (C=O) groups excluding carboxylic acids is 2. The van der Waals surface area contributed by atoms with E-state index in [1.807, 2.05) is 18.2 Å². The van der Waals surface area contributed by atoms with Crippen LogP contribution in [0.3, 0.4) is 0 Å². The molecule has 35 heavy (non-hydrogen) atoms. The topological polar surface area (TPSA) is 89.4 Å². The van der Waals surface area contributed by atoms with Crippen molar-refractivity contribution in [3.63, 3.8) is 0 Å². The van der Waals surface area contributed by atoms with Gasteiger partial charge in [-0.15, -0.1) is 5.10 Å². The molecule has 1 heterocycles. The number of carbonyl (C=O) groups is 2. The first kappa shape index (κ1) is 24.3. The van der Waals surface area contributed by atoms with E-state index >= 15 is 0 Å². The molecule has 3 aromatic carbocycles. The van der Waals surface area contributed by atoms with Crippen LogP contribution < -0.4 is 10.2 Å². The fraction of sp³-hybridized carbons (Fsp3) is 0.200. The van der Waals surface area contributed by atoms with E-state index < -0.39 is 23.7 Å². The molecule has 180 valence electrons. The third-order valence-corrected chi connectivity index (χ3v) is 5.67. The largest absolute Gasteiger partial charge is 0.383 e. The van der Waals surface area contributed by atoms with Gasteiger partial charge in [-0.05, 0) is 35.9 Å². The van der Waals surface area contributed by atoms with Gasteiger partial charge in [0.05, 0.1) is 17.1 Å². The number of aromatic nitrogens is 3. The maximum absolute atomic E-state index is 14.0. The Labute approximate surface area is 206 Å². The summed E-state index contributed by atoms with van der Waals surface area (Å²) >= 11 is 6.06. The number of nitrogens with zero attached hydrogens (tertiary/aromatic N) is 4. The summed E-state index contributed by atoms with van der Waals surface area (Å²) in [5.41, 5.74) is 2.13. The Morgan fingerprint density at radius 2 is 1.86 bits per heavy atom. The van der Waals surface area contributed by atoms with E-state index in [0.29, 0.717) is 23.2 Å². The standard InChI is InChI=1S/C25H23ClFN5O3/c1-35-14-13-28-25(34)24(17-7-3-2-4-8-17)32(18-11-12-20(27)19(26)15-18)23(33)16-31-22-10-6-5-9-21(22)29-30-31/h2-12,15,24H,13-14,16H2,1H3,(H,28,34)/t24-/m0/s1. The van der Waals surface area contributed by atoms with E-state index in [4.69, 9.17) is 16.3 Å². The highest BCUT2D eigenvalue weighted by Crippen LogP contribution is 2.31. The Morgan fingerprint density at radius 3 is 2.60 bits per heavy atom. The van der Waals surface area contributed by atoms with Gasteiger partial charge in [0.25, 0.3) is 0 Å². The number of ether oxygens (including phenoxy) is 1. The summed E-state index contributed by atoms with van der Waals surface area (Å²) in [5, 5.41) is 10.8. The van der Waals surface area contributed by atoms with Gasteiger partial charge in [-0.2, -0.15) is 0 Å². The number of nitrogens with one attached hydrogen (secondary N) is 1. The van der Waals surface area contributed by atoms with Crippen LogP contribution >= 0.6 is 11.6 Å². The summed E-state index contributed by atoms with van der Waals surface area (Å²) in [6.45, 7) is 0.345. The quantitative estimate of drug-likeness (QED) is 0.357. The summed E-state index contributed by atoms with van der Waals surface area (Å²) in [6, 6.07) is 18.9. The second-order valence-corrected chi connectivity index (χ2v) is 8.10. The maximum atomic E-state index is 14.0. The first-order valence-corrected chi connectivity index (χ1v) is 11.2. The van der Waals surface area contributed by atoms with Crippen molar-refractivity contribution in [3.05, 3.63) is 89.2 Å². The number of benzene rings is 3. The molecule has 1 aromatic heterocycles. The molecular formula is C25H23ClFN5O3. The lowest BCUT2D eigenvalue weighted by Gasteiger charge is -2.31. The van der Waals surface area contributed by atoms with Crippen molar-refractivity contribution in [1.82, 2.24) is 20.3 Å². The highest BCUT2D eigenvalue weighted by atomic mass is 35.5. The van der Waals surface area contributed by atoms with Gasteiger partial charge in [0.2, 0.25) is 11.8 Å². The smallest absolute Gasteiger partial charge is 0.249 e. The van der Waals surface area contributed by atoms with Gasteiger partial charge >= 0.3 is 0 Å². The zero-order valence-electron chi connectivity index (χ0n) is 18.9. The van der Waals surface area contributed by atoms with Crippen molar-refractivity contribution in [1.29, 1.82) is 0 Å². The Bertz CT molecular complexity index is 1330. The van der Waals surface area contributed by atoms with Gasteiger partial charge in [0, 0.05) is 19.3 Å². The maximum Gasteiger partial charge on any atom is 0.249 e. The van der Waals surface area contributed by atoms with E-state index in [1.165, 1.54) is 28.8 Å². The van der Waals surface area contributed by atoms with Crippen molar-refractivity contribution in [2.24, 2.45) is 0 Å². The highest BCUT2D eigenvalue weighted by molar-refractivity contribution is 6.31. The van der Waals surface area contributed by atoms with Crippen LogP contribution in [0.15, 0.2) is 72.8 Å². The van der Waals surface area contributed by atoms with Crippen LogP contribution in [-0.2, 0) is 20.9 Å². The van der Waals surface area contributed by atoms with Crippen LogP contribution in [0, 0.1) is 5.82 Å². The second-order valence-electron chi connectivity index (χ2n) is 7.70. The van der Waals surface area contributed by atoms with Crippen molar-refractivity contribution >= 4 is 40.1 Å². The zero-order valence-corrected chi connectivity index (χ0v) is 19.7. The SMILES string of the molecule is COCCNC(=O)[C@H](c1ccccc1)N(C(=O)Cn1nnc2ccccc21)c1ccc(F)c(Cl)c1. The third kappa shape index (κ3) is 5.47. The fourth-order valence-corrected chi connectivity index (χ4v) is 3.91. The van der Waals surface area contributed by atoms with Crippen molar-refractivity contribution in [2.75, 3.05) is 25.2 Å². The lowest BCUT2D eigenvalue weighted by atomic mass is 10.0. The molecule has 0 bridgehead atoms. The fourth-order valence-electron chi connectivity index (χ4n) is 3.74. The average Bonchev–Trinajstić information content (AvgIpc) is 3.27. The van der Waals surface area contributed by atoms with E-state index in [-0.39, 0.29) is 23.8 Å². The van der Waals surface area contributed by atoms with Gasteiger partial charge < -0.3 is 10.1 Å². The van der Waals surface area contributed by atoms with Crippen molar-refractivity contribution < 1.29 is 18.7 Å². The summed E-state index contributed by atoms with van der Waals surface area (Å²) in [5.74, 6) is -1.52. The molecule has 1 N–H and O–H groups in total. The number of rotatable bonds is 9. The molecule has 0 fully saturated rings. The number of halogens is 2. The molecule has 1 atom stereocenters. The number of hydrogen-bond acceptors (Lipinski definition) is 5. The van der Waals surface area contributed by atoms with Gasteiger partial charge in [0.15, 0.2) is 0 Å². The minimum absolute atomic E-state index is 0.168. The Kier molecular flexibility index (Phi) is 7.69.